The van der Waals surface area contributed by atoms with Crippen molar-refractivity contribution in [2.45, 2.75) is 6.92 Å². The SMILES string of the molecule is Cc1ccccc1N(C)c1cccc(N)c1[N+](=O)[O-]. The van der Waals surface area contributed by atoms with Gasteiger partial charge in [-0.2, -0.15) is 0 Å². The average Bonchev–Trinajstić information content (AvgIpc) is 2.37. The monoisotopic (exact) mass is 257 g/mol. The van der Waals surface area contributed by atoms with Crippen LogP contribution in [0.1, 0.15) is 5.56 Å². The van der Waals surface area contributed by atoms with Crippen molar-refractivity contribution >= 4 is 22.7 Å². The Morgan fingerprint density at radius 3 is 2.37 bits per heavy atom. The summed E-state index contributed by atoms with van der Waals surface area (Å²) in [6.07, 6.45) is 0. The van der Waals surface area contributed by atoms with Crippen molar-refractivity contribution in [3.05, 3.63) is 58.1 Å². The van der Waals surface area contributed by atoms with Crippen molar-refractivity contribution in [2.24, 2.45) is 0 Å². The van der Waals surface area contributed by atoms with Crippen LogP contribution in [0.3, 0.4) is 0 Å². The molecule has 0 aliphatic rings. The lowest BCUT2D eigenvalue weighted by Gasteiger charge is -2.21. The third kappa shape index (κ3) is 2.35. The number of anilines is 3. The second-order valence-corrected chi connectivity index (χ2v) is 4.32. The van der Waals surface area contributed by atoms with Crippen LogP contribution in [0.15, 0.2) is 42.5 Å². The Hall–Kier alpha value is -2.56. The summed E-state index contributed by atoms with van der Waals surface area (Å²) in [6.45, 7) is 1.96. The van der Waals surface area contributed by atoms with Gasteiger partial charge in [0.25, 0.3) is 0 Å². The molecule has 98 valence electrons. The summed E-state index contributed by atoms with van der Waals surface area (Å²) in [5, 5.41) is 11.2. The van der Waals surface area contributed by atoms with E-state index in [1.165, 1.54) is 6.07 Å². The van der Waals surface area contributed by atoms with Crippen LogP contribution in [-0.4, -0.2) is 12.0 Å². The first kappa shape index (κ1) is 12.9. The summed E-state index contributed by atoms with van der Waals surface area (Å²) < 4.78 is 0. The third-order valence-corrected chi connectivity index (χ3v) is 3.07. The maximum absolute atomic E-state index is 11.2. The zero-order valence-electron chi connectivity index (χ0n) is 10.8. The fourth-order valence-corrected chi connectivity index (χ4v) is 2.09. The molecular weight excluding hydrogens is 242 g/mol. The van der Waals surface area contributed by atoms with Crippen LogP contribution in [0.4, 0.5) is 22.7 Å². The Labute approximate surface area is 111 Å². The molecule has 0 saturated heterocycles. The van der Waals surface area contributed by atoms with Crippen molar-refractivity contribution in [3.63, 3.8) is 0 Å². The van der Waals surface area contributed by atoms with Crippen molar-refractivity contribution in [3.8, 4) is 0 Å². The fourth-order valence-electron chi connectivity index (χ4n) is 2.09. The predicted octanol–water partition coefficient (Wildman–Crippen LogP) is 3.25. The van der Waals surface area contributed by atoms with Crippen LogP contribution in [0.25, 0.3) is 0 Å². The molecule has 2 N–H and O–H groups in total. The quantitative estimate of drug-likeness (QED) is 0.520. The predicted molar refractivity (Wildman–Crippen MR) is 76.8 cm³/mol. The van der Waals surface area contributed by atoms with Gasteiger partial charge in [-0.25, -0.2) is 0 Å². The van der Waals surface area contributed by atoms with Gasteiger partial charge in [0, 0.05) is 12.7 Å². The van der Waals surface area contributed by atoms with Crippen molar-refractivity contribution in [1.82, 2.24) is 0 Å². The highest BCUT2D eigenvalue weighted by Crippen LogP contribution is 2.37. The first-order valence-corrected chi connectivity index (χ1v) is 5.84. The van der Waals surface area contributed by atoms with E-state index in [1.807, 2.05) is 31.2 Å². The molecule has 0 bridgehead atoms. The van der Waals surface area contributed by atoms with Gasteiger partial charge in [0.15, 0.2) is 0 Å². The summed E-state index contributed by atoms with van der Waals surface area (Å²) >= 11 is 0. The summed E-state index contributed by atoms with van der Waals surface area (Å²) in [5.41, 5.74) is 8.26. The number of benzene rings is 2. The van der Waals surface area contributed by atoms with E-state index in [2.05, 4.69) is 0 Å². The smallest absolute Gasteiger partial charge is 0.315 e. The van der Waals surface area contributed by atoms with E-state index in [9.17, 15) is 10.1 Å². The number of nitrogens with zero attached hydrogens (tertiary/aromatic N) is 2. The highest BCUT2D eigenvalue weighted by molar-refractivity contribution is 5.80. The number of aryl methyl sites for hydroxylation is 1. The van der Waals surface area contributed by atoms with Gasteiger partial charge in [0.2, 0.25) is 0 Å². The van der Waals surface area contributed by atoms with E-state index >= 15 is 0 Å². The lowest BCUT2D eigenvalue weighted by atomic mass is 10.1. The highest BCUT2D eigenvalue weighted by Gasteiger charge is 2.21. The van der Waals surface area contributed by atoms with Crippen LogP contribution in [0.2, 0.25) is 0 Å². The van der Waals surface area contributed by atoms with E-state index < -0.39 is 4.92 Å². The minimum atomic E-state index is -0.445. The van der Waals surface area contributed by atoms with Crippen LogP contribution >= 0.6 is 0 Å². The second-order valence-electron chi connectivity index (χ2n) is 4.32. The first-order chi connectivity index (χ1) is 9.02. The largest absolute Gasteiger partial charge is 0.393 e. The number of nitrogens with two attached hydrogens (primary N) is 1. The van der Waals surface area contributed by atoms with Gasteiger partial charge in [0.1, 0.15) is 11.4 Å². The van der Waals surface area contributed by atoms with Crippen LogP contribution in [-0.2, 0) is 0 Å². The number of rotatable bonds is 3. The normalized spacial score (nSPS) is 10.2. The van der Waals surface area contributed by atoms with E-state index in [-0.39, 0.29) is 11.4 Å². The Kier molecular flexibility index (Phi) is 3.37. The first-order valence-electron chi connectivity index (χ1n) is 5.84. The summed E-state index contributed by atoms with van der Waals surface area (Å²) in [4.78, 5) is 12.5. The Balaban J connectivity index is 2.57. The molecule has 0 unspecified atom stereocenters. The van der Waals surface area contributed by atoms with E-state index in [0.29, 0.717) is 5.69 Å². The summed E-state index contributed by atoms with van der Waals surface area (Å²) in [7, 11) is 1.80. The Morgan fingerprint density at radius 2 is 1.74 bits per heavy atom. The van der Waals surface area contributed by atoms with Gasteiger partial charge < -0.3 is 10.6 Å². The molecule has 0 amide bonds. The Bertz CT molecular complexity index is 626. The molecule has 2 rings (SSSR count). The molecule has 2 aromatic carbocycles. The zero-order valence-corrected chi connectivity index (χ0v) is 10.8. The molecule has 5 nitrogen and oxygen atoms in total. The molecule has 0 radical (unpaired) electrons. The molecule has 19 heavy (non-hydrogen) atoms. The molecule has 0 aliphatic carbocycles. The molecule has 0 spiro atoms. The molecule has 5 heteroatoms. The number of para-hydroxylation sites is 2. The molecule has 0 fully saturated rings. The van der Waals surface area contributed by atoms with E-state index in [4.69, 9.17) is 5.73 Å². The fraction of sp³-hybridized carbons (Fsp3) is 0.143. The van der Waals surface area contributed by atoms with E-state index in [1.54, 1.807) is 24.1 Å². The number of hydrogen-bond donors (Lipinski definition) is 1. The van der Waals surface area contributed by atoms with E-state index in [0.717, 1.165) is 11.3 Å². The molecule has 0 heterocycles. The summed E-state index contributed by atoms with van der Waals surface area (Å²) in [5.74, 6) is 0. The topological polar surface area (TPSA) is 72.4 Å². The van der Waals surface area contributed by atoms with Gasteiger partial charge >= 0.3 is 5.69 Å². The lowest BCUT2D eigenvalue weighted by Crippen LogP contribution is -2.13. The second kappa shape index (κ2) is 4.97. The Morgan fingerprint density at radius 1 is 1.11 bits per heavy atom. The van der Waals surface area contributed by atoms with Crippen molar-refractivity contribution in [2.75, 3.05) is 17.7 Å². The molecule has 2 aromatic rings. The highest BCUT2D eigenvalue weighted by atomic mass is 16.6. The minimum Gasteiger partial charge on any atom is -0.393 e. The number of nitrogen functional groups attached to an aromatic ring is 1. The molecule has 0 saturated carbocycles. The number of hydrogen-bond acceptors (Lipinski definition) is 4. The zero-order chi connectivity index (χ0) is 14.0. The average molecular weight is 257 g/mol. The van der Waals surface area contributed by atoms with Crippen LogP contribution in [0.5, 0.6) is 0 Å². The van der Waals surface area contributed by atoms with Gasteiger partial charge in [-0.15, -0.1) is 0 Å². The van der Waals surface area contributed by atoms with Crippen LogP contribution < -0.4 is 10.6 Å². The summed E-state index contributed by atoms with van der Waals surface area (Å²) in [6, 6.07) is 12.7. The van der Waals surface area contributed by atoms with Gasteiger partial charge in [0.05, 0.1) is 4.92 Å². The molecular formula is C14H15N3O2. The minimum absolute atomic E-state index is 0.0618. The number of nitro benzene ring substituents is 1. The number of nitro groups is 1. The third-order valence-electron chi connectivity index (χ3n) is 3.07. The van der Waals surface area contributed by atoms with Crippen molar-refractivity contribution in [1.29, 1.82) is 0 Å². The lowest BCUT2D eigenvalue weighted by molar-refractivity contribution is -0.383. The molecule has 0 aromatic heterocycles. The molecule has 0 aliphatic heterocycles. The van der Waals surface area contributed by atoms with Gasteiger partial charge in [-0.1, -0.05) is 24.3 Å². The van der Waals surface area contributed by atoms with Crippen molar-refractivity contribution < 1.29 is 4.92 Å². The standard InChI is InChI=1S/C14H15N3O2/c1-10-6-3-4-8-12(10)16(2)13-9-5-7-11(15)14(13)17(18)19/h3-9H,15H2,1-2H3. The maximum Gasteiger partial charge on any atom is 0.315 e. The van der Waals surface area contributed by atoms with Gasteiger partial charge in [-0.05, 0) is 30.7 Å². The van der Waals surface area contributed by atoms with Gasteiger partial charge in [-0.3, -0.25) is 10.1 Å². The molecule has 0 atom stereocenters. The maximum atomic E-state index is 11.2. The van der Waals surface area contributed by atoms with Crippen LogP contribution in [0, 0.1) is 17.0 Å².